The highest BCUT2D eigenvalue weighted by Crippen LogP contribution is 2.08. The molecule has 7 nitrogen and oxygen atoms in total. The number of aromatic nitrogens is 4. The number of H-pyrrole nitrogens is 1. The first kappa shape index (κ1) is 9.13. The second-order valence-electron chi connectivity index (χ2n) is 2.70. The van der Waals surface area contributed by atoms with Crippen LogP contribution in [0.3, 0.4) is 0 Å². The molecule has 0 aliphatic rings. The molecule has 0 spiro atoms. The van der Waals surface area contributed by atoms with Gasteiger partial charge in [0.15, 0.2) is 0 Å². The third kappa shape index (κ3) is 2.50. The van der Waals surface area contributed by atoms with Crippen molar-refractivity contribution in [3.8, 4) is 5.75 Å². The molecule has 0 aliphatic carbocycles. The van der Waals surface area contributed by atoms with Crippen LogP contribution in [0.1, 0.15) is 5.56 Å². The fourth-order valence-electron chi connectivity index (χ4n) is 0.979. The van der Waals surface area contributed by atoms with Gasteiger partial charge in [-0.15, -0.1) is 5.10 Å². The molecule has 0 fully saturated rings. The molecule has 2 aromatic rings. The molecule has 15 heavy (non-hydrogen) atoms. The third-order valence-electron chi connectivity index (χ3n) is 1.59. The lowest BCUT2D eigenvalue weighted by Crippen LogP contribution is -1.92. The molecule has 2 rings (SSSR count). The van der Waals surface area contributed by atoms with Gasteiger partial charge in [-0.05, 0) is 22.9 Å². The molecule has 0 bridgehead atoms. The predicted octanol–water partition coefficient (Wildman–Crippen LogP) is 0.351. The smallest absolute Gasteiger partial charge is 0.283 e. The van der Waals surface area contributed by atoms with Crippen LogP contribution in [0.5, 0.6) is 5.75 Å². The van der Waals surface area contributed by atoms with Crippen LogP contribution in [0.4, 0.5) is 5.95 Å². The van der Waals surface area contributed by atoms with E-state index in [9.17, 15) is 5.11 Å². The minimum Gasteiger partial charge on any atom is -0.508 e. The van der Waals surface area contributed by atoms with Crippen LogP contribution in [0.25, 0.3) is 0 Å². The normalized spacial score (nSPS) is 10.7. The number of hydrogen-bond acceptors (Lipinski definition) is 6. The van der Waals surface area contributed by atoms with Gasteiger partial charge in [-0.3, -0.25) is 0 Å². The van der Waals surface area contributed by atoms with Crippen LogP contribution in [-0.2, 0) is 0 Å². The first-order valence-corrected chi connectivity index (χ1v) is 4.16. The molecular weight excluding hydrogens is 196 g/mol. The molecule has 0 aliphatic heterocycles. The molecular formula is C8H8N6O. The van der Waals surface area contributed by atoms with E-state index in [4.69, 9.17) is 0 Å². The Bertz CT molecular complexity index is 452. The van der Waals surface area contributed by atoms with Crippen molar-refractivity contribution in [1.29, 1.82) is 0 Å². The highest BCUT2D eigenvalue weighted by Gasteiger charge is 1.92. The third-order valence-corrected chi connectivity index (χ3v) is 1.59. The van der Waals surface area contributed by atoms with Gasteiger partial charge in [0.05, 0.1) is 6.21 Å². The standard InChI is InChI=1S/C8H8N6O/c15-7-3-1-2-6(4-7)5-9-10-8-11-13-14-12-8/h1-5,15H,(H2,10,11,12,13,14)/b9-5+. The number of phenolic OH excluding ortho intramolecular Hbond substituents is 1. The van der Waals surface area contributed by atoms with Crippen LogP contribution in [0.2, 0.25) is 0 Å². The monoisotopic (exact) mass is 204 g/mol. The van der Waals surface area contributed by atoms with Gasteiger partial charge in [-0.2, -0.15) is 10.3 Å². The van der Waals surface area contributed by atoms with Gasteiger partial charge in [0.2, 0.25) is 0 Å². The zero-order valence-corrected chi connectivity index (χ0v) is 7.62. The Morgan fingerprint density at radius 2 is 2.40 bits per heavy atom. The fraction of sp³-hybridized carbons (Fsp3) is 0. The molecule has 1 heterocycles. The Labute approximate surface area is 84.8 Å². The van der Waals surface area contributed by atoms with E-state index in [-0.39, 0.29) is 11.7 Å². The summed E-state index contributed by atoms with van der Waals surface area (Å²) in [6, 6.07) is 6.71. The summed E-state index contributed by atoms with van der Waals surface area (Å²) < 4.78 is 0. The summed E-state index contributed by atoms with van der Waals surface area (Å²) in [7, 11) is 0. The van der Waals surface area contributed by atoms with E-state index in [0.717, 1.165) is 5.56 Å². The maximum absolute atomic E-state index is 9.17. The summed E-state index contributed by atoms with van der Waals surface area (Å²) in [4.78, 5) is 0. The van der Waals surface area contributed by atoms with Crippen molar-refractivity contribution in [2.24, 2.45) is 5.10 Å². The van der Waals surface area contributed by atoms with Crippen LogP contribution in [-0.4, -0.2) is 31.9 Å². The number of hydrazone groups is 1. The Balaban J connectivity index is 2.00. The number of nitrogens with zero attached hydrogens (tertiary/aromatic N) is 4. The second-order valence-corrected chi connectivity index (χ2v) is 2.70. The van der Waals surface area contributed by atoms with Crippen molar-refractivity contribution in [1.82, 2.24) is 20.6 Å². The Morgan fingerprint density at radius 1 is 1.47 bits per heavy atom. The summed E-state index contributed by atoms with van der Waals surface area (Å²) in [5.41, 5.74) is 3.33. The summed E-state index contributed by atoms with van der Waals surface area (Å²) in [5.74, 6) is 0.477. The van der Waals surface area contributed by atoms with Crippen molar-refractivity contribution in [2.75, 3.05) is 5.43 Å². The SMILES string of the molecule is Oc1cccc(/C=N/Nc2nn[nH]n2)c1. The number of benzene rings is 1. The quantitative estimate of drug-likeness (QED) is 0.495. The number of rotatable bonds is 3. The molecule has 0 radical (unpaired) electrons. The summed E-state index contributed by atoms with van der Waals surface area (Å²) >= 11 is 0. The first-order chi connectivity index (χ1) is 7.34. The molecule has 76 valence electrons. The highest BCUT2D eigenvalue weighted by atomic mass is 16.3. The van der Waals surface area contributed by atoms with Gasteiger partial charge in [0.25, 0.3) is 5.95 Å². The van der Waals surface area contributed by atoms with Crippen molar-refractivity contribution < 1.29 is 5.11 Å². The summed E-state index contributed by atoms with van der Waals surface area (Å²) in [6.45, 7) is 0. The van der Waals surface area contributed by atoms with E-state index in [0.29, 0.717) is 0 Å². The molecule has 0 atom stereocenters. The molecule has 0 saturated carbocycles. The Hall–Kier alpha value is -2.44. The molecule has 0 amide bonds. The van der Waals surface area contributed by atoms with Crippen LogP contribution < -0.4 is 5.43 Å². The van der Waals surface area contributed by atoms with Gasteiger partial charge >= 0.3 is 0 Å². The summed E-state index contributed by atoms with van der Waals surface area (Å²) in [6.07, 6.45) is 1.54. The van der Waals surface area contributed by atoms with E-state index in [1.165, 1.54) is 6.21 Å². The van der Waals surface area contributed by atoms with Crippen molar-refractivity contribution in [3.63, 3.8) is 0 Å². The number of phenols is 1. The summed E-state index contributed by atoms with van der Waals surface area (Å²) in [5, 5.41) is 25.9. The van der Waals surface area contributed by atoms with Gasteiger partial charge in [0.1, 0.15) is 5.75 Å². The highest BCUT2D eigenvalue weighted by molar-refractivity contribution is 5.80. The van der Waals surface area contributed by atoms with Gasteiger partial charge in [-0.25, -0.2) is 5.43 Å². The van der Waals surface area contributed by atoms with E-state index in [1.807, 2.05) is 0 Å². The molecule has 7 heteroatoms. The molecule has 1 aromatic heterocycles. The van der Waals surface area contributed by atoms with Gasteiger partial charge < -0.3 is 5.11 Å². The van der Waals surface area contributed by atoms with E-state index in [1.54, 1.807) is 24.3 Å². The van der Waals surface area contributed by atoms with E-state index >= 15 is 0 Å². The second kappa shape index (κ2) is 4.18. The zero-order chi connectivity index (χ0) is 10.5. The zero-order valence-electron chi connectivity index (χ0n) is 7.62. The number of anilines is 1. The van der Waals surface area contributed by atoms with Crippen LogP contribution in [0, 0.1) is 0 Å². The lowest BCUT2D eigenvalue weighted by molar-refractivity contribution is 0.475. The van der Waals surface area contributed by atoms with Crippen molar-refractivity contribution in [2.45, 2.75) is 0 Å². The predicted molar refractivity (Wildman–Crippen MR) is 53.5 cm³/mol. The topological polar surface area (TPSA) is 99.1 Å². The Kier molecular flexibility index (Phi) is 2.54. The molecule has 1 aromatic carbocycles. The number of nitrogens with one attached hydrogen (secondary N) is 2. The van der Waals surface area contributed by atoms with Crippen LogP contribution in [0.15, 0.2) is 29.4 Å². The van der Waals surface area contributed by atoms with Crippen molar-refractivity contribution in [3.05, 3.63) is 29.8 Å². The number of aromatic hydroxyl groups is 1. The molecule has 3 N–H and O–H groups in total. The largest absolute Gasteiger partial charge is 0.508 e. The Morgan fingerprint density at radius 3 is 3.13 bits per heavy atom. The maximum Gasteiger partial charge on any atom is 0.283 e. The van der Waals surface area contributed by atoms with E-state index in [2.05, 4.69) is 31.2 Å². The minimum absolute atomic E-state index is 0.193. The lowest BCUT2D eigenvalue weighted by Gasteiger charge is -1.94. The maximum atomic E-state index is 9.17. The number of tetrazole rings is 1. The molecule has 0 saturated heterocycles. The van der Waals surface area contributed by atoms with Gasteiger partial charge in [0, 0.05) is 0 Å². The minimum atomic E-state index is 0.193. The number of aromatic amines is 1. The fourth-order valence-corrected chi connectivity index (χ4v) is 0.979. The number of hydrogen-bond donors (Lipinski definition) is 3. The van der Waals surface area contributed by atoms with Gasteiger partial charge in [-0.1, -0.05) is 17.2 Å². The van der Waals surface area contributed by atoms with E-state index < -0.39 is 0 Å². The first-order valence-electron chi connectivity index (χ1n) is 4.16. The van der Waals surface area contributed by atoms with Crippen molar-refractivity contribution >= 4 is 12.2 Å². The average Bonchev–Trinajstić information content (AvgIpc) is 2.71. The average molecular weight is 204 g/mol. The van der Waals surface area contributed by atoms with Crippen LogP contribution >= 0.6 is 0 Å². The lowest BCUT2D eigenvalue weighted by atomic mass is 10.2. The molecule has 0 unspecified atom stereocenters.